The van der Waals surface area contributed by atoms with Crippen LogP contribution in [0.25, 0.3) is 0 Å². The van der Waals surface area contributed by atoms with Crippen molar-refractivity contribution >= 4 is 34.6 Å². The van der Waals surface area contributed by atoms with Gasteiger partial charge in [-0.2, -0.15) is 0 Å². The standard InChI is InChI=1S/C27H36N4OS/c1-20-7-6-18-31(19-20)25-14-10-22(11-15-25)21(2)28-27(33)29-24-12-8-23(9-13-24)26(32)30-16-4-3-5-17-30/h8-15,20-21H,3-7,16-19H2,1-2H3,(H2,28,29,33)/t20-,21-/m1/s1. The lowest BCUT2D eigenvalue weighted by Gasteiger charge is -2.33. The molecule has 176 valence electrons. The molecule has 0 unspecified atom stereocenters. The molecule has 2 aliphatic heterocycles. The number of thiocarbonyl (C=S) groups is 1. The molecule has 2 aliphatic rings. The Kier molecular flexibility index (Phi) is 7.86. The van der Waals surface area contributed by atoms with Crippen molar-refractivity contribution in [3.63, 3.8) is 0 Å². The van der Waals surface area contributed by atoms with Gasteiger partial charge in [0.05, 0.1) is 6.04 Å². The summed E-state index contributed by atoms with van der Waals surface area (Å²) in [7, 11) is 0. The lowest BCUT2D eigenvalue weighted by molar-refractivity contribution is 0.0724. The lowest BCUT2D eigenvalue weighted by atomic mass is 9.99. The van der Waals surface area contributed by atoms with Crippen LogP contribution in [-0.4, -0.2) is 42.1 Å². The van der Waals surface area contributed by atoms with Crippen LogP contribution in [0.3, 0.4) is 0 Å². The number of carbonyl (C=O) groups excluding carboxylic acids is 1. The van der Waals surface area contributed by atoms with E-state index in [0.29, 0.717) is 5.11 Å². The van der Waals surface area contributed by atoms with Gasteiger partial charge < -0.3 is 20.4 Å². The fourth-order valence-corrected chi connectivity index (χ4v) is 5.12. The summed E-state index contributed by atoms with van der Waals surface area (Å²) in [6.45, 7) is 8.47. The molecule has 0 aliphatic carbocycles. The van der Waals surface area contributed by atoms with E-state index in [1.165, 1.54) is 30.5 Å². The van der Waals surface area contributed by atoms with Gasteiger partial charge in [0.1, 0.15) is 0 Å². The highest BCUT2D eigenvalue weighted by atomic mass is 32.1. The number of piperidine rings is 2. The number of rotatable bonds is 5. The highest BCUT2D eigenvalue weighted by Crippen LogP contribution is 2.25. The molecule has 0 aromatic heterocycles. The second kappa shape index (κ2) is 11.0. The number of nitrogens with one attached hydrogen (secondary N) is 2. The second-order valence-electron chi connectivity index (χ2n) is 9.54. The maximum absolute atomic E-state index is 12.6. The smallest absolute Gasteiger partial charge is 0.253 e. The first-order chi connectivity index (χ1) is 16.0. The molecule has 6 heteroatoms. The van der Waals surface area contributed by atoms with Gasteiger partial charge in [-0.1, -0.05) is 19.1 Å². The molecule has 33 heavy (non-hydrogen) atoms. The Morgan fingerprint density at radius 2 is 1.67 bits per heavy atom. The van der Waals surface area contributed by atoms with Crippen LogP contribution in [0.1, 0.15) is 67.9 Å². The fourth-order valence-electron chi connectivity index (χ4n) is 4.82. The van der Waals surface area contributed by atoms with E-state index in [-0.39, 0.29) is 11.9 Å². The SMILES string of the molecule is C[C@@H]1CCCN(c2ccc([C@@H](C)NC(=S)Nc3ccc(C(=O)N4CCCCC4)cc3)cc2)C1. The molecule has 2 fully saturated rings. The number of amides is 1. The van der Waals surface area contributed by atoms with Crippen LogP contribution in [0, 0.1) is 5.92 Å². The van der Waals surface area contributed by atoms with Crippen LogP contribution >= 0.6 is 12.2 Å². The predicted molar refractivity (Wildman–Crippen MR) is 141 cm³/mol. The molecule has 5 nitrogen and oxygen atoms in total. The van der Waals surface area contributed by atoms with Crippen LogP contribution < -0.4 is 15.5 Å². The van der Waals surface area contributed by atoms with Crippen molar-refractivity contribution in [3.8, 4) is 0 Å². The molecule has 2 heterocycles. The highest BCUT2D eigenvalue weighted by Gasteiger charge is 2.19. The van der Waals surface area contributed by atoms with Crippen LogP contribution in [0.15, 0.2) is 48.5 Å². The lowest BCUT2D eigenvalue weighted by Crippen LogP contribution is -2.35. The van der Waals surface area contributed by atoms with E-state index in [0.717, 1.165) is 56.2 Å². The molecule has 2 aromatic rings. The molecule has 2 atom stereocenters. The van der Waals surface area contributed by atoms with Crippen molar-refractivity contribution in [1.82, 2.24) is 10.2 Å². The third-order valence-electron chi connectivity index (χ3n) is 6.80. The third kappa shape index (κ3) is 6.26. The van der Waals surface area contributed by atoms with E-state index in [4.69, 9.17) is 12.2 Å². The molecule has 0 spiro atoms. The van der Waals surface area contributed by atoms with E-state index < -0.39 is 0 Å². The van der Waals surface area contributed by atoms with Crippen molar-refractivity contribution in [3.05, 3.63) is 59.7 Å². The molecule has 2 saturated heterocycles. The van der Waals surface area contributed by atoms with Crippen LogP contribution in [-0.2, 0) is 0 Å². The number of anilines is 2. The Morgan fingerprint density at radius 3 is 2.33 bits per heavy atom. The van der Waals surface area contributed by atoms with Gasteiger partial charge in [0, 0.05) is 43.1 Å². The molecule has 2 aromatic carbocycles. The molecule has 0 bridgehead atoms. The normalized spacial score (nSPS) is 19.6. The van der Waals surface area contributed by atoms with Gasteiger partial charge in [0.25, 0.3) is 5.91 Å². The zero-order valence-corrected chi connectivity index (χ0v) is 20.7. The van der Waals surface area contributed by atoms with Crippen molar-refractivity contribution in [1.29, 1.82) is 0 Å². The summed E-state index contributed by atoms with van der Waals surface area (Å²) in [4.78, 5) is 17.1. The third-order valence-corrected chi connectivity index (χ3v) is 7.02. The summed E-state index contributed by atoms with van der Waals surface area (Å²) in [6, 6.07) is 16.5. The fraction of sp³-hybridized carbons (Fsp3) is 0.481. The molecule has 0 saturated carbocycles. The van der Waals surface area contributed by atoms with Gasteiger partial charge in [-0.15, -0.1) is 0 Å². The Hall–Kier alpha value is -2.60. The van der Waals surface area contributed by atoms with Crippen LogP contribution in [0.4, 0.5) is 11.4 Å². The number of benzene rings is 2. The van der Waals surface area contributed by atoms with Crippen LogP contribution in [0.5, 0.6) is 0 Å². The largest absolute Gasteiger partial charge is 0.371 e. The van der Waals surface area contributed by atoms with Gasteiger partial charge in [-0.25, -0.2) is 0 Å². The summed E-state index contributed by atoms with van der Waals surface area (Å²) in [6.07, 6.45) is 6.02. The maximum atomic E-state index is 12.6. The minimum Gasteiger partial charge on any atom is -0.371 e. The maximum Gasteiger partial charge on any atom is 0.253 e. The summed E-state index contributed by atoms with van der Waals surface area (Å²) in [5.41, 5.74) is 4.12. The molecular formula is C27H36N4OS. The molecular weight excluding hydrogens is 428 g/mol. The minimum atomic E-state index is 0.0966. The molecule has 0 radical (unpaired) electrons. The average molecular weight is 465 g/mol. The Labute approximate surface area is 203 Å². The van der Waals surface area contributed by atoms with Crippen molar-refractivity contribution < 1.29 is 4.79 Å². The van der Waals surface area contributed by atoms with E-state index in [9.17, 15) is 4.79 Å². The number of likely N-dealkylation sites (tertiary alicyclic amines) is 1. The Bertz CT molecular complexity index is 938. The predicted octanol–water partition coefficient (Wildman–Crippen LogP) is 5.60. The van der Waals surface area contributed by atoms with Gasteiger partial charge >= 0.3 is 0 Å². The van der Waals surface area contributed by atoms with E-state index in [1.54, 1.807) is 0 Å². The second-order valence-corrected chi connectivity index (χ2v) is 9.94. The van der Waals surface area contributed by atoms with Crippen molar-refractivity contribution in [2.45, 2.75) is 52.0 Å². The first kappa shape index (κ1) is 23.6. The van der Waals surface area contributed by atoms with Gasteiger partial charge in [-0.3, -0.25) is 4.79 Å². The average Bonchev–Trinajstić information content (AvgIpc) is 2.84. The van der Waals surface area contributed by atoms with E-state index >= 15 is 0 Å². The number of nitrogens with zero attached hydrogens (tertiary/aromatic N) is 2. The zero-order valence-electron chi connectivity index (χ0n) is 19.8. The number of hydrogen-bond donors (Lipinski definition) is 2. The van der Waals surface area contributed by atoms with Crippen LogP contribution in [0.2, 0.25) is 0 Å². The van der Waals surface area contributed by atoms with Crippen molar-refractivity contribution in [2.24, 2.45) is 5.92 Å². The summed E-state index contributed by atoms with van der Waals surface area (Å²) < 4.78 is 0. The summed E-state index contributed by atoms with van der Waals surface area (Å²) in [5.74, 6) is 0.887. The van der Waals surface area contributed by atoms with E-state index in [2.05, 4.69) is 53.6 Å². The molecule has 1 amide bonds. The van der Waals surface area contributed by atoms with Gasteiger partial charge in [0.2, 0.25) is 0 Å². The number of hydrogen-bond acceptors (Lipinski definition) is 3. The zero-order chi connectivity index (χ0) is 23.2. The Morgan fingerprint density at radius 1 is 0.970 bits per heavy atom. The Balaban J connectivity index is 1.28. The number of carbonyl (C=O) groups is 1. The quantitative estimate of drug-likeness (QED) is 0.564. The first-order valence-corrected chi connectivity index (χ1v) is 12.7. The summed E-state index contributed by atoms with van der Waals surface area (Å²) in [5, 5.41) is 7.19. The topological polar surface area (TPSA) is 47.6 Å². The van der Waals surface area contributed by atoms with Crippen molar-refractivity contribution in [2.75, 3.05) is 36.4 Å². The van der Waals surface area contributed by atoms with E-state index in [1.807, 2.05) is 29.2 Å². The van der Waals surface area contributed by atoms with Gasteiger partial charge in [0.15, 0.2) is 5.11 Å². The highest BCUT2D eigenvalue weighted by molar-refractivity contribution is 7.80. The first-order valence-electron chi connectivity index (χ1n) is 12.3. The molecule has 4 rings (SSSR count). The monoisotopic (exact) mass is 464 g/mol. The summed E-state index contributed by atoms with van der Waals surface area (Å²) >= 11 is 5.53. The minimum absolute atomic E-state index is 0.0966. The van der Waals surface area contributed by atoms with Gasteiger partial charge in [-0.05, 0) is 99.1 Å². The molecule has 2 N–H and O–H groups in total.